The first-order valence-corrected chi connectivity index (χ1v) is 9.15. The summed E-state index contributed by atoms with van der Waals surface area (Å²) in [5.74, 6) is 1.31. The number of nitrogens with zero attached hydrogens (tertiary/aromatic N) is 4. The maximum absolute atomic E-state index is 12.4. The molecule has 0 saturated heterocycles. The molecule has 0 bridgehead atoms. The number of rotatable bonds is 5. The molecule has 28 heavy (non-hydrogen) atoms. The third kappa shape index (κ3) is 3.84. The molecule has 0 spiro atoms. The molecule has 0 amide bonds. The molecule has 1 aromatic carbocycles. The van der Waals surface area contributed by atoms with Crippen LogP contribution in [0, 0.1) is 0 Å². The smallest absolute Gasteiger partial charge is 0.254 e. The van der Waals surface area contributed by atoms with Crippen molar-refractivity contribution in [3.8, 4) is 17.3 Å². The van der Waals surface area contributed by atoms with E-state index >= 15 is 0 Å². The van der Waals surface area contributed by atoms with Crippen LogP contribution in [0.1, 0.15) is 16.8 Å². The Kier molecular flexibility index (Phi) is 5.25. The van der Waals surface area contributed by atoms with E-state index in [1.54, 1.807) is 25.7 Å². The summed E-state index contributed by atoms with van der Waals surface area (Å²) in [5, 5.41) is 0. The van der Waals surface area contributed by atoms with Crippen LogP contribution in [0.25, 0.3) is 17.6 Å². The van der Waals surface area contributed by atoms with Gasteiger partial charge in [-0.2, -0.15) is 0 Å². The SMILES string of the molecule is COc1ccccc1C=CCN1CCc2c(nc(-c3cnccn3)[nH]c2=O)C1. The lowest BCUT2D eigenvalue weighted by molar-refractivity contribution is 0.276. The van der Waals surface area contributed by atoms with Crippen molar-refractivity contribution in [3.05, 3.63) is 76.1 Å². The zero-order valence-electron chi connectivity index (χ0n) is 15.6. The number of nitrogens with one attached hydrogen (secondary N) is 1. The van der Waals surface area contributed by atoms with Crippen LogP contribution in [0.2, 0.25) is 0 Å². The van der Waals surface area contributed by atoms with Crippen molar-refractivity contribution >= 4 is 6.08 Å². The van der Waals surface area contributed by atoms with E-state index in [0.29, 0.717) is 24.5 Å². The maximum atomic E-state index is 12.4. The zero-order valence-corrected chi connectivity index (χ0v) is 15.6. The Hall–Kier alpha value is -3.32. The Morgan fingerprint density at radius 1 is 1.29 bits per heavy atom. The Balaban J connectivity index is 1.50. The van der Waals surface area contributed by atoms with E-state index in [-0.39, 0.29) is 5.56 Å². The van der Waals surface area contributed by atoms with Crippen molar-refractivity contribution in [1.82, 2.24) is 24.8 Å². The van der Waals surface area contributed by atoms with Crippen LogP contribution < -0.4 is 10.3 Å². The Bertz CT molecular complexity index is 1050. The van der Waals surface area contributed by atoms with Gasteiger partial charge in [-0.05, 0) is 12.5 Å². The number of aromatic amines is 1. The summed E-state index contributed by atoms with van der Waals surface area (Å²) in [4.78, 5) is 30.5. The molecule has 3 heterocycles. The van der Waals surface area contributed by atoms with Crippen molar-refractivity contribution < 1.29 is 4.74 Å². The van der Waals surface area contributed by atoms with E-state index in [4.69, 9.17) is 4.74 Å². The summed E-state index contributed by atoms with van der Waals surface area (Å²) in [7, 11) is 1.67. The molecule has 0 radical (unpaired) electrons. The van der Waals surface area contributed by atoms with Crippen LogP contribution in [-0.2, 0) is 13.0 Å². The van der Waals surface area contributed by atoms with Gasteiger partial charge in [-0.25, -0.2) is 9.97 Å². The van der Waals surface area contributed by atoms with Gasteiger partial charge in [0, 0.05) is 43.2 Å². The molecule has 0 unspecified atom stereocenters. The number of hydrogen-bond donors (Lipinski definition) is 1. The Morgan fingerprint density at radius 2 is 2.18 bits per heavy atom. The first-order valence-electron chi connectivity index (χ1n) is 9.15. The van der Waals surface area contributed by atoms with Crippen LogP contribution >= 0.6 is 0 Å². The van der Waals surface area contributed by atoms with E-state index in [1.807, 2.05) is 24.3 Å². The molecule has 1 aliphatic heterocycles. The number of fused-ring (bicyclic) bond motifs is 1. The first-order chi connectivity index (χ1) is 13.7. The van der Waals surface area contributed by atoms with E-state index in [1.165, 1.54) is 0 Å². The highest BCUT2D eigenvalue weighted by Gasteiger charge is 2.21. The molecule has 1 N–H and O–H groups in total. The van der Waals surface area contributed by atoms with E-state index in [9.17, 15) is 4.79 Å². The second-order valence-corrected chi connectivity index (χ2v) is 6.56. The van der Waals surface area contributed by atoms with Crippen LogP contribution in [0.4, 0.5) is 0 Å². The number of para-hydroxylation sites is 1. The van der Waals surface area contributed by atoms with Crippen molar-refractivity contribution in [1.29, 1.82) is 0 Å². The molecule has 2 aromatic heterocycles. The minimum Gasteiger partial charge on any atom is -0.496 e. The second-order valence-electron chi connectivity index (χ2n) is 6.56. The highest BCUT2D eigenvalue weighted by atomic mass is 16.5. The van der Waals surface area contributed by atoms with Gasteiger partial charge in [0.2, 0.25) is 0 Å². The van der Waals surface area contributed by atoms with Gasteiger partial charge in [-0.3, -0.25) is 14.7 Å². The topological polar surface area (TPSA) is 84.0 Å². The summed E-state index contributed by atoms with van der Waals surface area (Å²) in [6, 6.07) is 7.91. The molecular formula is C21H21N5O2. The first kappa shape index (κ1) is 18.1. The third-order valence-electron chi connectivity index (χ3n) is 4.76. The van der Waals surface area contributed by atoms with E-state index in [2.05, 4.69) is 37.0 Å². The van der Waals surface area contributed by atoms with E-state index in [0.717, 1.165) is 35.7 Å². The molecule has 3 aromatic rings. The van der Waals surface area contributed by atoms with Crippen molar-refractivity contribution in [2.45, 2.75) is 13.0 Å². The molecular weight excluding hydrogens is 354 g/mol. The number of aromatic nitrogens is 4. The number of H-pyrrole nitrogens is 1. The highest BCUT2D eigenvalue weighted by molar-refractivity contribution is 5.57. The van der Waals surface area contributed by atoms with Gasteiger partial charge in [0.15, 0.2) is 5.82 Å². The fourth-order valence-corrected chi connectivity index (χ4v) is 3.33. The minimum atomic E-state index is -0.0881. The molecule has 7 nitrogen and oxygen atoms in total. The lowest BCUT2D eigenvalue weighted by Gasteiger charge is -2.26. The van der Waals surface area contributed by atoms with Crippen molar-refractivity contribution in [2.24, 2.45) is 0 Å². The zero-order chi connectivity index (χ0) is 19.3. The summed E-state index contributed by atoms with van der Waals surface area (Å²) in [5.41, 5.74) is 3.09. The summed E-state index contributed by atoms with van der Waals surface area (Å²) in [6.45, 7) is 2.22. The molecule has 1 aliphatic rings. The average molecular weight is 375 g/mol. The summed E-state index contributed by atoms with van der Waals surface area (Å²) in [6.07, 6.45) is 9.63. The minimum absolute atomic E-state index is 0.0881. The lowest BCUT2D eigenvalue weighted by atomic mass is 10.1. The Morgan fingerprint density at radius 3 is 3.00 bits per heavy atom. The van der Waals surface area contributed by atoms with Gasteiger partial charge in [0.05, 0.1) is 19.0 Å². The fourth-order valence-electron chi connectivity index (χ4n) is 3.33. The third-order valence-corrected chi connectivity index (χ3v) is 4.76. The number of ether oxygens (including phenoxy) is 1. The van der Waals surface area contributed by atoms with Crippen molar-refractivity contribution in [2.75, 3.05) is 20.2 Å². The predicted octanol–water partition coefficient (Wildman–Crippen LogP) is 2.31. The molecule has 7 heteroatoms. The van der Waals surface area contributed by atoms with Gasteiger partial charge >= 0.3 is 0 Å². The van der Waals surface area contributed by atoms with Crippen LogP contribution in [0.15, 0.2) is 53.7 Å². The highest BCUT2D eigenvalue weighted by Crippen LogP contribution is 2.20. The summed E-state index contributed by atoms with van der Waals surface area (Å²) < 4.78 is 5.38. The van der Waals surface area contributed by atoms with Crippen molar-refractivity contribution in [3.63, 3.8) is 0 Å². The number of methoxy groups -OCH3 is 1. The summed E-state index contributed by atoms with van der Waals surface area (Å²) >= 11 is 0. The monoisotopic (exact) mass is 375 g/mol. The maximum Gasteiger partial charge on any atom is 0.254 e. The predicted molar refractivity (Wildman–Crippen MR) is 107 cm³/mol. The standard InChI is InChI=1S/C21H21N5O2/c1-28-19-7-3-2-5-15(19)6-4-11-26-12-8-16-18(14-26)24-20(25-21(16)27)17-13-22-9-10-23-17/h2-7,9-10,13H,8,11-12,14H2,1H3,(H,24,25,27). The molecule has 0 saturated carbocycles. The molecule has 0 aliphatic carbocycles. The molecule has 142 valence electrons. The number of benzene rings is 1. The van der Waals surface area contributed by atoms with Crippen LogP contribution in [0.5, 0.6) is 5.75 Å². The van der Waals surface area contributed by atoms with Gasteiger partial charge in [0.25, 0.3) is 5.56 Å². The van der Waals surface area contributed by atoms with Gasteiger partial charge in [-0.1, -0.05) is 30.4 Å². The van der Waals surface area contributed by atoms with Gasteiger partial charge in [-0.15, -0.1) is 0 Å². The second kappa shape index (κ2) is 8.14. The lowest BCUT2D eigenvalue weighted by Crippen LogP contribution is -2.35. The van der Waals surface area contributed by atoms with Crippen LogP contribution in [0.3, 0.4) is 0 Å². The van der Waals surface area contributed by atoms with Gasteiger partial charge < -0.3 is 9.72 Å². The average Bonchev–Trinajstić information content (AvgIpc) is 2.74. The van der Waals surface area contributed by atoms with Gasteiger partial charge in [0.1, 0.15) is 11.4 Å². The van der Waals surface area contributed by atoms with E-state index < -0.39 is 0 Å². The fraction of sp³-hybridized carbons (Fsp3) is 0.238. The largest absolute Gasteiger partial charge is 0.496 e. The molecule has 0 fully saturated rings. The van der Waals surface area contributed by atoms with Crippen LogP contribution in [-0.4, -0.2) is 45.0 Å². The molecule has 0 atom stereocenters. The molecule has 4 rings (SSSR count). The number of hydrogen-bond acceptors (Lipinski definition) is 6. The normalized spacial score (nSPS) is 14.2. The Labute approximate surface area is 162 Å². The quantitative estimate of drug-likeness (QED) is 0.737.